The van der Waals surface area contributed by atoms with E-state index in [-0.39, 0.29) is 5.56 Å². The molecular formula is C20H25N7O. The summed E-state index contributed by atoms with van der Waals surface area (Å²) in [6.45, 7) is 4.47. The second-order valence-corrected chi connectivity index (χ2v) is 8.08. The SMILES string of the molecule is Cc1nc(N2CCC(Cn3nc(C4CC4)ccc3=O)CC2)c2cnn(C)c2n1. The molecule has 0 N–H and O–H groups in total. The summed E-state index contributed by atoms with van der Waals surface area (Å²) < 4.78 is 3.48. The van der Waals surface area contributed by atoms with Crippen LogP contribution in [0.3, 0.4) is 0 Å². The van der Waals surface area contributed by atoms with E-state index in [0.717, 1.165) is 54.3 Å². The first kappa shape index (κ1) is 17.3. The maximum absolute atomic E-state index is 12.2. The van der Waals surface area contributed by atoms with Crippen LogP contribution in [0.15, 0.2) is 23.1 Å². The van der Waals surface area contributed by atoms with Gasteiger partial charge in [0.2, 0.25) is 0 Å². The van der Waals surface area contributed by atoms with Crippen LogP contribution in [0.2, 0.25) is 0 Å². The lowest BCUT2D eigenvalue weighted by atomic mass is 9.96. The Hall–Kier alpha value is -2.77. The summed E-state index contributed by atoms with van der Waals surface area (Å²) >= 11 is 0. The van der Waals surface area contributed by atoms with Crippen molar-refractivity contribution >= 4 is 16.9 Å². The fourth-order valence-electron chi connectivity index (χ4n) is 4.12. The predicted octanol–water partition coefficient (Wildman–Crippen LogP) is 2.02. The first-order chi connectivity index (χ1) is 13.6. The largest absolute Gasteiger partial charge is 0.356 e. The van der Waals surface area contributed by atoms with Gasteiger partial charge in [0.25, 0.3) is 5.56 Å². The van der Waals surface area contributed by atoms with Crippen molar-refractivity contribution in [3.63, 3.8) is 0 Å². The molecule has 0 unspecified atom stereocenters. The van der Waals surface area contributed by atoms with Crippen LogP contribution in [0.4, 0.5) is 5.82 Å². The highest BCUT2D eigenvalue weighted by Gasteiger charge is 2.27. The molecule has 8 heteroatoms. The zero-order valence-electron chi connectivity index (χ0n) is 16.4. The lowest BCUT2D eigenvalue weighted by Crippen LogP contribution is -2.37. The monoisotopic (exact) mass is 379 g/mol. The third-order valence-corrected chi connectivity index (χ3v) is 5.91. The van der Waals surface area contributed by atoms with E-state index < -0.39 is 0 Å². The van der Waals surface area contributed by atoms with E-state index in [9.17, 15) is 4.79 Å². The number of aryl methyl sites for hydroxylation is 2. The molecule has 146 valence electrons. The molecule has 1 saturated carbocycles. The molecule has 1 aliphatic carbocycles. The number of nitrogens with zero attached hydrogens (tertiary/aromatic N) is 7. The van der Waals surface area contributed by atoms with Crippen molar-refractivity contribution < 1.29 is 0 Å². The third-order valence-electron chi connectivity index (χ3n) is 5.91. The molecule has 0 amide bonds. The minimum absolute atomic E-state index is 0.00956. The van der Waals surface area contributed by atoms with Gasteiger partial charge < -0.3 is 4.90 Å². The molecule has 2 aliphatic rings. The average Bonchev–Trinajstić information content (AvgIpc) is 3.48. The van der Waals surface area contributed by atoms with Crippen molar-refractivity contribution in [3.8, 4) is 0 Å². The maximum Gasteiger partial charge on any atom is 0.266 e. The summed E-state index contributed by atoms with van der Waals surface area (Å²) in [5, 5.41) is 9.96. The van der Waals surface area contributed by atoms with Crippen LogP contribution in [-0.4, -0.2) is 42.6 Å². The van der Waals surface area contributed by atoms with Gasteiger partial charge in [0.05, 0.1) is 17.3 Å². The van der Waals surface area contributed by atoms with Gasteiger partial charge in [-0.25, -0.2) is 14.6 Å². The van der Waals surface area contributed by atoms with Gasteiger partial charge in [-0.2, -0.15) is 10.2 Å². The summed E-state index contributed by atoms with van der Waals surface area (Å²) in [4.78, 5) is 23.8. The standard InChI is InChI=1S/C20H25N7O/c1-13-22-19-16(11-21-25(19)2)20(23-13)26-9-7-14(8-10-26)12-27-18(28)6-5-17(24-27)15-3-4-15/h5-6,11,14-15H,3-4,7-10,12H2,1-2H3. The molecule has 1 aliphatic heterocycles. The van der Waals surface area contributed by atoms with Crippen molar-refractivity contribution in [2.45, 2.75) is 45.1 Å². The molecule has 3 aromatic heterocycles. The molecule has 3 aromatic rings. The van der Waals surface area contributed by atoms with Gasteiger partial charge in [-0.05, 0) is 44.6 Å². The van der Waals surface area contributed by atoms with Gasteiger partial charge in [0, 0.05) is 38.7 Å². The van der Waals surface area contributed by atoms with Gasteiger partial charge in [-0.15, -0.1) is 0 Å². The molecule has 1 saturated heterocycles. The topological polar surface area (TPSA) is 81.7 Å². The smallest absolute Gasteiger partial charge is 0.266 e. The molecule has 8 nitrogen and oxygen atoms in total. The minimum Gasteiger partial charge on any atom is -0.356 e. The molecule has 4 heterocycles. The van der Waals surface area contributed by atoms with Crippen LogP contribution in [0.1, 0.15) is 43.1 Å². The molecule has 2 fully saturated rings. The fraction of sp³-hybridized carbons (Fsp3) is 0.550. The third kappa shape index (κ3) is 3.16. The van der Waals surface area contributed by atoms with E-state index >= 15 is 0 Å². The van der Waals surface area contributed by atoms with Crippen molar-refractivity contribution in [2.24, 2.45) is 13.0 Å². The number of fused-ring (bicyclic) bond motifs is 1. The fourth-order valence-corrected chi connectivity index (χ4v) is 4.12. The van der Waals surface area contributed by atoms with Gasteiger partial charge in [0.1, 0.15) is 11.6 Å². The number of rotatable bonds is 4. The summed E-state index contributed by atoms with van der Waals surface area (Å²) in [6, 6.07) is 3.58. The lowest BCUT2D eigenvalue weighted by molar-refractivity contribution is 0.333. The molecule has 0 spiro atoms. The first-order valence-corrected chi connectivity index (χ1v) is 10.1. The Bertz CT molecular complexity index is 1070. The molecule has 0 radical (unpaired) electrons. The second kappa shape index (κ2) is 6.68. The molecule has 28 heavy (non-hydrogen) atoms. The van der Waals surface area contributed by atoms with E-state index in [1.54, 1.807) is 15.4 Å². The second-order valence-electron chi connectivity index (χ2n) is 8.08. The zero-order valence-corrected chi connectivity index (χ0v) is 16.4. The number of anilines is 1. The van der Waals surface area contributed by atoms with Crippen LogP contribution >= 0.6 is 0 Å². The van der Waals surface area contributed by atoms with E-state index in [1.165, 1.54) is 12.8 Å². The normalized spacial score (nSPS) is 18.1. The van der Waals surface area contributed by atoms with Crippen LogP contribution in [0, 0.1) is 12.8 Å². The lowest BCUT2D eigenvalue weighted by Gasteiger charge is -2.33. The van der Waals surface area contributed by atoms with E-state index in [2.05, 4.69) is 20.1 Å². The highest BCUT2D eigenvalue weighted by molar-refractivity contribution is 5.87. The summed E-state index contributed by atoms with van der Waals surface area (Å²) in [7, 11) is 1.91. The summed E-state index contributed by atoms with van der Waals surface area (Å²) in [5.74, 6) is 2.76. The number of hydrogen-bond acceptors (Lipinski definition) is 6. The summed E-state index contributed by atoms with van der Waals surface area (Å²) in [5.41, 5.74) is 1.96. The Morgan fingerprint density at radius 3 is 2.64 bits per heavy atom. The zero-order chi connectivity index (χ0) is 19.3. The van der Waals surface area contributed by atoms with Gasteiger partial charge in [0.15, 0.2) is 5.65 Å². The van der Waals surface area contributed by atoms with Crippen LogP contribution < -0.4 is 10.5 Å². The van der Waals surface area contributed by atoms with Crippen molar-refractivity contribution in [2.75, 3.05) is 18.0 Å². The highest BCUT2D eigenvalue weighted by atomic mass is 16.1. The van der Waals surface area contributed by atoms with E-state index in [4.69, 9.17) is 4.98 Å². The molecule has 0 bridgehead atoms. The Balaban J connectivity index is 1.31. The van der Waals surface area contributed by atoms with Crippen molar-refractivity contribution in [1.82, 2.24) is 29.5 Å². The Kier molecular flexibility index (Phi) is 4.14. The van der Waals surface area contributed by atoms with Crippen LogP contribution in [0.5, 0.6) is 0 Å². The van der Waals surface area contributed by atoms with Gasteiger partial charge in [-0.3, -0.25) is 9.48 Å². The average molecular weight is 379 g/mol. The van der Waals surface area contributed by atoms with Crippen LogP contribution in [0.25, 0.3) is 11.0 Å². The Morgan fingerprint density at radius 1 is 1.11 bits per heavy atom. The van der Waals surface area contributed by atoms with Crippen LogP contribution in [-0.2, 0) is 13.6 Å². The quantitative estimate of drug-likeness (QED) is 0.690. The van der Waals surface area contributed by atoms with Crippen molar-refractivity contribution in [1.29, 1.82) is 0 Å². The van der Waals surface area contributed by atoms with Crippen molar-refractivity contribution in [3.05, 3.63) is 40.2 Å². The van der Waals surface area contributed by atoms with E-state index in [0.29, 0.717) is 18.4 Å². The highest BCUT2D eigenvalue weighted by Crippen LogP contribution is 2.38. The van der Waals surface area contributed by atoms with E-state index in [1.807, 2.05) is 26.2 Å². The number of piperidine rings is 1. The number of aromatic nitrogens is 6. The van der Waals surface area contributed by atoms with Gasteiger partial charge >= 0.3 is 0 Å². The van der Waals surface area contributed by atoms with Gasteiger partial charge in [-0.1, -0.05) is 0 Å². The Morgan fingerprint density at radius 2 is 1.89 bits per heavy atom. The molecular weight excluding hydrogens is 354 g/mol. The number of hydrogen-bond donors (Lipinski definition) is 0. The first-order valence-electron chi connectivity index (χ1n) is 10.1. The minimum atomic E-state index is 0.00956. The Labute approximate surface area is 163 Å². The summed E-state index contributed by atoms with van der Waals surface area (Å²) in [6.07, 6.45) is 6.29. The predicted molar refractivity (Wildman–Crippen MR) is 106 cm³/mol. The molecule has 5 rings (SSSR count). The maximum atomic E-state index is 12.2. The molecule has 0 aromatic carbocycles. The molecule has 0 atom stereocenters.